The lowest BCUT2D eigenvalue weighted by Crippen LogP contribution is -2.60. The lowest BCUT2D eigenvalue weighted by molar-refractivity contribution is -0.0120. The zero-order valence-corrected chi connectivity index (χ0v) is 17.3. The second-order valence-electron chi connectivity index (χ2n) is 7.03. The fourth-order valence-electron chi connectivity index (χ4n) is 3.67. The first kappa shape index (κ1) is 20.3. The van der Waals surface area contributed by atoms with Gasteiger partial charge in [0.2, 0.25) is 0 Å². The van der Waals surface area contributed by atoms with Gasteiger partial charge in [-0.3, -0.25) is 4.90 Å². The van der Waals surface area contributed by atoms with Gasteiger partial charge in [-0.25, -0.2) is 4.99 Å². The molecule has 2 fully saturated rings. The van der Waals surface area contributed by atoms with Gasteiger partial charge in [0.15, 0.2) is 5.96 Å². The van der Waals surface area contributed by atoms with E-state index in [1.807, 2.05) is 18.2 Å². The van der Waals surface area contributed by atoms with E-state index in [9.17, 15) is 0 Å². The van der Waals surface area contributed by atoms with E-state index in [1.54, 1.807) is 7.11 Å². The highest BCUT2D eigenvalue weighted by Crippen LogP contribution is 2.33. The summed E-state index contributed by atoms with van der Waals surface area (Å²) < 4.78 is 10.9. The van der Waals surface area contributed by atoms with Crippen molar-refractivity contribution in [3.8, 4) is 5.75 Å². The molecule has 0 saturated carbocycles. The van der Waals surface area contributed by atoms with E-state index in [0.717, 1.165) is 56.7 Å². The topological polar surface area (TPSA) is 58.1 Å². The molecule has 1 atom stereocenters. The highest BCUT2D eigenvalue weighted by atomic mass is 32.2. The maximum Gasteiger partial charge on any atom is 0.191 e. The standard InChI is InChI=1S/C20H32N4O2S/c1-3-21-19(22-14-17-5-4-6-18(13-17)25-2)23-15-20(7-12-27-16-20)24-8-10-26-11-9-24/h4-6,13H,3,7-12,14-16H2,1-2H3,(H2,21,22,23). The number of aliphatic imine (C=N–C) groups is 1. The number of hydrogen-bond acceptors (Lipinski definition) is 5. The Kier molecular flexibility index (Phi) is 7.67. The number of morpholine rings is 1. The third-order valence-corrected chi connectivity index (χ3v) is 6.48. The molecule has 2 aliphatic rings. The van der Waals surface area contributed by atoms with Crippen LogP contribution in [0.5, 0.6) is 5.75 Å². The van der Waals surface area contributed by atoms with E-state index in [-0.39, 0.29) is 5.54 Å². The third-order valence-electron chi connectivity index (χ3n) is 5.25. The van der Waals surface area contributed by atoms with Gasteiger partial charge in [-0.2, -0.15) is 11.8 Å². The molecule has 7 heteroatoms. The lowest BCUT2D eigenvalue weighted by Gasteiger charge is -2.43. The molecule has 2 N–H and O–H groups in total. The predicted molar refractivity (Wildman–Crippen MR) is 113 cm³/mol. The number of thioether (sulfide) groups is 1. The fourth-order valence-corrected chi connectivity index (χ4v) is 5.14. The number of methoxy groups -OCH3 is 1. The summed E-state index contributed by atoms with van der Waals surface area (Å²) in [6, 6.07) is 8.09. The van der Waals surface area contributed by atoms with Crippen molar-refractivity contribution >= 4 is 17.7 Å². The Hall–Kier alpha value is -1.44. The fraction of sp³-hybridized carbons (Fsp3) is 0.650. The highest BCUT2D eigenvalue weighted by molar-refractivity contribution is 7.99. The van der Waals surface area contributed by atoms with Crippen molar-refractivity contribution in [1.82, 2.24) is 15.5 Å². The second kappa shape index (κ2) is 10.2. The minimum Gasteiger partial charge on any atom is -0.497 e. The maximum absolute atomic E-state index is 5.56. The van der Waals surface area contributed by atoms with Crippen molar-refractivity contribution < 1.29 is 9.47 Å². The average Bonchev–Trinajstić information content (AvgIpc) is 3.21. The number of nitrogens with zero attached hydrogens (tertiary/aromatic N) is 2. The van der Waals surface area contributed by atoms with Gasteiger partial charge in [-0.05, 0) is 36.8 Å². The molecule has 2 saturated heterocycles. The van der Waals surface area contributed by atoms with Crippen LogP contribution >= 0.6 is 11.8 Å². The van der Waals surface area contributed by atoms with Crippen molar-refractivity contribution in [2.45, 2.75) is 25.4 Å². The summed E-state index contributed by atoms with van der Waals surface area (Å²) in [5.41, 5.74) is 1.35. The number of benzene rings is 1. The zero-order valence-electron chi connectivity index (χ0n) is 16.5. The molecule has 0 spiro atoms. The van der Waals surface area contributed by atoms with Crippen LogP contribution in [0.15, 0.2) is 29.3 Å². The Morgan fingerprint density at radius 1 is 1.33 bits per heavy atom. The molecule has 0 aliphatic carbocycles. The number of hydrogen-bond donors (Lipinski definition) is 2. The van der Waals surface area contributed by atoms with Crippen LogP contribution in [0.2, 0.25) is 0 Å². The number of rotatable bonds is 7. The lowest BCUT2D eigenvalue weighted by atomic mass is 9.95. The molecule has 1 aromatic rings. The summed E-state index contributed by atoms with van der Waals surface area (Å²) in [4.78, 5) is 7.41. The Morgan fingerprint density at radius 3 is 2.89 bits per heavy atom. The molecule has 2 aliphatic heterocycles. The van der Waals surface area contributed by atoms with Gasteiger partial charge >= 0.3 is 0 Å². The molecule has 1 aromatic carbocycles. The summed E-state index contributed by atoms with van der Waals surface area (Å²) in [5, 5.41) is 6.99. The van der Waals surface area contributed by atoms with Crippen LogP contribution in [0.25, 0.3) is 0 Å². The second-order valence-corrected chi connectivity index (χ2v) is 8.13. The Bertz CT molecular complexity index is 614. The van der Waals surface area contributed by atoms with Crippen LogP contribution in [0.3, 0.4) is 0 Å². The van der Waals surface area contributed by atoms with E-state index in [2.05, 4.69) is 40.3 Å². The van der Waals surface area contributed by atoms with Gasteiger partial charge < -0.3 is 20.1 Å². The summed E-state index contributed by atoms with van der Waals surface area (Å²) in [7, 11) is 1.69. The van der Waals surface area contributed by atoms with Gasteiger partial charge in [0.05, 0.1) is 26.9 Å². The largest absolute Gasteiger partial charge is 0.497 e. The molecule has 150 valence electrons. The van der Waals surface area contributed by atoms with Crippen LogP contribution in [0.4, 0.5) is 0 Å². The zero-order chi connectivity index (χ0) is 19.0. The van der Waals surface area contributed by atoms with Crippen molar-refractivity contribution in [2.24, 2.45) is 4.99 Å². The van der Waals surface area contributed by atoms with Crippen LogP contribution in [0.1, 0.15) is 18.9 Å². The predicted octanol–water partition coefficient (Wildman–Crippen LogP) is 1.96. The summed E-state index contributed by atoms with van der Waals surface area (Å²) in [6.07, 6.45) is 1.22. The van der Waals surface area contributed by atoms with Crippen molar-refractivity contribution in [3.05, 3.63) is 29.8 Å². The summed E-state index contributed by atoms with van der Waals surface area (Å²) in [5.74, 6) is 4.16. The van der Waals surface area contributed by atoms with Crippen LogP contribution in [-0.4, -0.2) is 74.4 Å². The van der Waals surface area contributed by atoms with Gasteiger partial charge in [0, 0.05) is 37.5 Å². The van der Waals surface area contributed by atoms with E-state index in [1.165, 1.54) is 17.9 Å². The molecular weight excluding hydrogens is 360 g/mol. The quantitative estimate of drug-likeness (QED) is 0.546. The molecule has 0 aromatic heterocycles. The number of guanidine groups is 1. The number of nitrogens with one attached hydrogen (secondary N) is 2. The molecule has 3 rings (SSSR count). The Morgan fingerprint density at radius 2 is 2.19 bits per heavy atom. The van der Waals surface area contributed by atoms with Crippen molar-refractivity contribution in [1.29, 1.82) is 0 Å². The molecule has 27 heavy (non-hydrogen) atoms. The monoisotopic (exact) mass is 392 g/mol. The molecule has 6 nitrogen and oxygen atoms in total. The van der Waals surface area contributed by atoms with Crippen LogP contribution < -0.4 is 15.4 Å². The van der Waals surface area contributed by atoms with Crippen LogP contribution in [-0.2, 0) is 11.3 Å². The molecule has 2 heterocycles. The number of ether oxygens (including phenoxy) is 2. The first-order valence-corrected chi connectivity index (χ1v) is 11.0. The molecular formula is C20H32N4O2S. The summed E-state index contributed by atoms with van der Waals surface area (Å²) >= 11 is 2.06. The Labute approximate surface area is 167 Å². The van der Waals surface area contributed by atoms with Gasteiger partial charge in [0.1, 0.15) is 5.75 Å². The van der Waals surface area contributed by atoms with Gasteiger partial charge in [-0.15, -0.1) is 0 Å². The summed E-state index contributed by atoms with van der Waals surface area (Å²) in [6.45, 7) is 8.25. The van der Waals surface area contributed by atoms with Crippen LogP contribution in [0, 0.1) is 0 Å². The average molecular weight is 393 g/mol. The van der Waals surface area contributed by atoms with Gasteiger partial charge in [0.25, 0.3) is 0 Å². The molecule has 1 unspecified atom stereocenters. The van der Waals surface area contributed by atoms with E-state index < -0.39 is 0 Å². The van der Waals surface area contributed by atoms with Gasteiger partial charge in [-0.1, -0.05) is 12.1 Å². The molecule has 0 amide bonds. The van der Waals surface area contributed by atoms with Crippen molar-refractivity contribution in [3.63, 3.8) is 0 Å². The normalized spacial score (nSPS) is 24.0. The third kappa shape index (κ3) is 5.53. The highest BCUT2D eigenvalue weighted by Gasteiger charge is 2.40. The van der Waals surface area contributed by atoms with Crippen molar-refractivity contribution in [2.75, 3.05) is 58.0 Å². The maximum atomic E-state index is 5.56. The van der Waals surface area contributed by atoms with E-state index >= 15 is 0 Å². The molecule has 0 bridgehead atoms. The van der Waals surface area contributed by atoms with E-state index in [4.69, 9.17) is 14.5 Å². The molecule has 0 radical (unpaired) electrons. The smallest absolute Gasteiger partial charge is 0.191 e. The Balaban J connectivity index is 1.63. The van der Waals surface area contributed by atoms with E-state index in [0.29, 0.717) is 6.54 Å². The minimum atomic E-state index is 0.209. The first-order chi connectivity index (χ1) is 13.3. The first-order valence-electron chi connectivity index (χ1n) is 9.81. The SMILES string of the molecule is CCNC(=NCc1cccc(OC)c1)NCC1(N2CCOCC2)CCSC1. The minimum absolute atomic E-state index is 0.209.